The second-order valence-corrected chi connectivity index (χ2v) is 11.2. The minimum atomic E-state index is -3.42. The van der Waals surface area contributed by atoms with E-state index in [1.165, 1.54) is 0 Å². The number of rotatable bonds is 6. The van der Waals surface area contributed by atoms with E-state index in [-0.39, 0.29) is 18.3 Å². The van der Waals surface area contributed by atoms with Gasteiger partial charge < -0.3 is 15.8 Å². The van der Waals surface area contributed by atoms with Gasteiger partial charge in [-0.3, -0.25) is 4.79 Å². The SMILES string of the molecule is C=CC[C@@H](C)CS(=O)(=O)C1CCc2ccccc2C12CNc1cc(C(N)=O)ccc1OC2. The van der Waals surface area contributed by atoms with E-state index in [9.17, 15) is 13.2 Å². The Morgan fingerprint density at radius 2 is 2.12 bits per heavy atom. The third-order valence-electron chi connectivity index (χ3n) is 6.71. The van der Waals surface area contributed by atoms with Crippen LogP contribution in [0.15, 0.2) is 55.1 Å². The van der Waals surface area contributed by atoms with Gasteiger partial charge in [-0.2, -0.15) is 0 Å². The van der Waals surface area contributed by atoms with Crippen molar-refractivity contribution in [3.05, 3.63) is 71.8 Å². The van der Waals surface area contributed by atoms with Crippen molar-refractivity contribution in [1.29, 1.82) is 0 Å². The number of carbonyl (C=O) groups excluding carboxylic acids is 1. The van der Waals surface area contributed by atoms with Crippen molar-refractivity contribution in [2.24, 2.45) is 11.7 Å². The summed E-state index contributed by atoms with van der Waals surface area (Å²) >= 11 is 0. The molecule has 3 N–H and O–H groups in total. The monoisotopic (exact) mass is 454 g/mol. The highest BCUT2D eigenvalue weighted by Crippen LogP contribution is 2.45. The zero-order valence-electron chi connectivity index (χ0n) is 18.3. The van der Waals surface area contributed by atoms with E-state index >= 15 is 0 Å². The van der Waals surface area contributed by atoms with Crippen LogP contribution in [0.25, 0.3) is 0 Å². The second kappa shape index (κ2) is 8.62. The number of benzene rings is 2. The summed E-state index contributed by atoms with van der Waals surface area (Å²) < 4.78 is 33.6. The van der Waals surface area contributed by atoms with Gasteiger partial charge in [0.15, 0.2) is 9.84 Å². The van der Waals surface area contributed by atoms with Crippen molar-refractivity contribution < 1.29 is 17.9 Å². The molecule has 32 heavy (non-hydrogen) atoms. The van der Waals surface area contributed by atoms with Gasteiger partial charge in [-0.25, -0.2) is 8.42 Å². The molecule has 6 nitrogen and oxygen atoms in total. The van der Waals surface area contributed by atoms with Crippen molar-refractivity contribution in [3.8, 4) is 5.75 Å². The fraction of sp³-hybridized carbons (Fsp3) is 0.400. The van der Waals surface area contributed by atoms with Gasteiger partial charge in [0.25, 0.3) is 0 Å². The van der Waals surface area contributed by atoms with E-state index < -0.39 is 26.4 Å². The number of sulfone groups is 1. The standard InChI is InChI=1S/C25H30N2O4S/c1-3-6-17(2)14-32(29,30)23-12-10-18-7-4-5-8-20(18)25(23)15-27-21-13-19(24(26)28)9-11-22(21)31-16-25/h3-5,7-9,11,13,17,23,27H,1,6,10,12,14-16H2,2H3,(H2,26,28)/t17-,23?,25?/m1/s1. The van der Waals surface area contributed by atoms with E-state index in [0.717, 1.165) is 17.5 Å². The molecule has 2 aromatic carbocycles. The van der Waals surface area contributed by atoms with Crippen molar-refractivity contribution in [1.82, 2.24) is 0 Å². The number of anilines is 1. The zero-order chi connectivity index (χ0) is 22.9. The van der Waals surface area contributed by atoms with Gasteiger partial charge in [0.2, 0.25) is 5.91 Å². The summed E-state index contributed by atoms with van der Waals surface area (Å²) in [5.41, 5.74) is 7.91. The summed E-state index contributed by atoms with van der Waals surface area (Å²) in [7, 11) is -3.42. The normalized spacial score (nSPS) is 23.1. The van der Waals surface area contributed by atoms with Gasteiger partial charge >= 0.3 is 0 Å². The summed E-state index contributed by atoms with van der Waals surface area (Å²) in [5, 5.41) is 2.81. The molecule has 3 atom stereocenters. The molecule has 4 rings (SSSR count). The number of carbonyl (C=O) groups is 1. The molecule has 2 aromatic rings. The first-order valence-corrected chi connectivity index (χ1v) is 12.7. The molecule has 0 bridgehead atoms. The molecule has 1 aliphatic carbocycles. The number of fused-ring (bicyclic) bond motifs is 3. The van der Waals surface area contributed by atoms with Crippen LogP contribution in [0.5, 0.6) is 5.75 Å². The van der Waals surface area contributed by atoms with Gasteiger partial charge in [-0.1, -0.05) is 37.3 Å². The average molecular weight is 455 g/mol. The molecule has 1 amide bonds. The first-order chi connectivity index (χ1) is 15.3. The average Bonchev–Trinajstić information content (AvgIpc) is 2.94. The number of ether oxygens (including phenoxy) is 1. The van der Waals surface area contributed by atoms with Gasteiger partial charge in [0, 0.05) is 12.1 Å². The third-order valence-corrected chi connectivity index (χ3v) is 9.30. The van der Waals surface area contributed by atoms with Gasteiger partial charge in [0.1, 0.15) is 12.4 Å². The molecule has 0 radical (unpaired) electrons. The van der Waals surface area contributed by atoms with Gasteiger partial charge in [0.05, 0.1) is 22.1 Å². The van der Waals surface area contributed by atoms with Crippen LogP contribution in [0.3, 0.4) is 0 Å². The molecular formula is C25H30N2O4S. The lowest BCUT2D eigenvalue weighted by Crippen LogP contribution is -2.55. The molecule has 0 saturated heterocycles. The van der Waals surface area contributed by atoms with Crippen molar-refractivity contribution in [3.63, 3.8) is 0 Å². The van der Waals surface area contributed by atoms with Crippen LogP contribution in [0.4, 0.5) is 5.69 Å². The maximum absolute atomic E-state index is 13.7. The van der Waals surface area contributed by atoms with E-state index in [2.05, 4.69) is 18.0 Å². The van der Waals surface area contributed by atoms with Crippen LogP contribution in [0, 0.1) is 5.92 Å². The Labute approximate surface area is 189 Å². The van der Waals surface area contributed by atoms with Crippen LogP contribution in [-0.4, -0.2) is 38.5 Å². The van der Waals surface area contributed by atoms with Gasteiger partial charge in [-0.05, 0) is 54.5 Å². The van der Waals surface area contributed by atoms with Crippen molar-refractivity contribution in [2.75, 3.05) is 24.2 Å². The number of nitrogens with two attached hydrogens (primary N) is 1. The first kappa shape index (κ1) is 22.4. The highest BCUT2D eigenvalue weighted by atomic mass is 32.2. The summed E-state index contributed by atoms with van der Waals surface area (Å²) in [6.07, 6.45) is 3.70. The topological polar surface area (TPSA) is 98.5 Å². The molecule has 0 saturated carbocycles. The largest absolute Gasteiger partial charge is 0.490 e. The molecule has 7 heteroatoms. The van der Waals surface area contributed by atoms with E-state index in [0.29, 0.717) is 36.4 Å². The van der Waals surface area contributed by atoms with E-state index in [4.69, 9.17) is 10.5 Å². The quantitative estimate of drug-likeness (QED) is 0.651. The Hall–Kier alpha value is -2.80. The second-order valence-electron chi connectivity index (χ2n) is 9.02. The van der Waals surface area contributed by atoms with Crippen LogP contribution >= 0.6 is 0 Å². The van der Waals surface area contributed by atoms with E-state index in [1.54, 1.807) is 24.3 Å². The highest BCUT2D eigenvalue weighted by Gasteiger charge is 2.51. The maximum Gasteiger partial charge on any atom is 0.248 e. The molecular weight excluding hydrogens is 424 g/mol. The van der Waals surface area contributed by atoms with Crippen molar-refractivity contribution >= 4 is 21.4 Å². The Kier molecular flexibility index (Phi) is 6.03. The maximum atomic E-state index is 13.7. The number of nitrogens with one attached hydrogen (secondary N) is 1. The number of primary amides is 1. The van der Waals surface area contributed by atoms with Gasteiger partial charge in [-0.15, -0.1) is 6.58 Å². The predicted molar refractivity (Wildman–Crippen MR) is 127 cm³/mol. The third kappa shape index (κ3) is 4.01. The van der Waals surface area contributed by atoms with Crippen LogP contribution < -0.4 is 15.8 Å². The lowest BCUT2D eigenvalue weighted by Gasteiger charge is -2.44. The number of hydrogen-bond donors (Lipinski definition) is 2. The fourth-order valence-electron chi connectivity index (χ4n) is 5.19. The number of aryl methyl sites for hydroxylation is 1. The number of amides is 1. The lowest BCUT2D eigenvalue weighted by atomic mass is 9.70. The Morgan fingerprint density at radius 3 is 2.88 bits per heavy atom. The smallest absolute Gasteiger partial charge is 0.248 e. The number of allylic oxidation sites excluding steroid dienone is 1. The minimum absolute atomic E-state index is 0.00157. The minimum Gasteiger partial charge on any atom is -0.490 e. The Bertz CT molecular complexity index is 1140. The molecule has 0 fully saturated rings. The Morgan fingerprint density at radius 1 is 1.34 bits per heavy atom. The summed E-state index contributed by atoms with van der Waals surface area (Å²) in [4.78, 5) is 11.6. The summed E-state index contributed by atoms with van der Waals surface area (Å²) in [6, 6.07) is 13.1. The van der Waals surface area contributed by atoms with Crippen LogP contribution in [0.1, 0.15) is 41.3 Å². The molecule has 170 valence electrons. The number of hydrogen-bond acceptors (Lipinski definition) is 5. The summed E-state index contributed by atoms with van der Waals surface area (Å²) in [5.74, 6) is 0.188. The van der Waals surface area contributed by atoms with Crippen molar-refractivity contribution in [2.45, 2.75) is 36.9 Å². The predicted octanol–water partition coefficient (Wildman–Crippen LogP) is 3.47. The summed E-state index contributed by atoms with van der Waals surface area (Å²) in [6.45, 7) is 6.33. The molecule has 1 heterocycles. The highest BCUT2D eigenvalue weighted by molar-refractivity contribution is 7.92. The van der Waals surface area contributed by atoms with Crippen LogP contribution in [-0.2, 0) is 21.7 Å². The molecule has 1 aliphatic heterocycles. The van der Waals surface area contributed by atoms with E-state index in [1.807, 2.05) is 25.1 Å². The first-order valence-electron chi connectivity index (χ1n) is 11.0. The Balaban J connectivity index is 1.76. The fourth-order valence-corrected chi connectivity index (χ4v) is 7.79. The van der Waals surface area contributed by atoms with Crippen LogP contribution in [0.2, 0.25) is 0 Å². The lowest BCUT2D eigenvalue weighted by molar-refractivity contribution is 0.1000. The zero-order valence-corrected chi connectivity index (χ0v) is 19.2. The molecule has 1 spiro atoms. The molecule has 2 aliphatic rings. The molecule has 0 aromatic heterocycles. The molecule has 2 unspecified atom stereocenters.